The smallest absolute Gasteiger partial charge is 0.406 e. The number of likely N-dealkylation sites (tertiary alicyclic amines) is 1. The summed E-state index contributed by atoms with van der Waals surface area (Å²) >= 11 is 6.24. The van der Waals surface area contributed by atoms with Crippen LogP contribution in [0.5, 0.6) is 5.75 Å². The van der Waals surface area contributed by atoms with Crippen LogP contribution >= 0.6 is 11.6 Å². The first kappa shape index (κ1) is 17.6. The van der Waals surface area contributed by atoms with Gasteiger partial charge in [-0.25, -0.2) is 0 Å². The number of nitrogens with zero attached hydrogens (tertiary/aromatic N) is 1. The summed E-state index contributed by atoms with van der Waals surface area (Å²) in [5.41, 5.74) is 1.19. The lowest BCUT2D eigenvalue weighted by atomic mass is 10.0. The van der Waals surface area contributed by atoms with Crippen LogP contribution in [0.4, 0.5) is 13.2 Å². The molecule has 1 aliphatic rings. The van der Waals surface area contributed by atoms with Crippen LogP contribution < -0.4 is 4.74 Å². The predicted octanol–water partition coefficient (Wildman–Crippen LogP) is 5.22. The summed E-state index contributed by atoms with van der Waals surface area (Å²) in [5.74, 6) is -0.589. The first-order valence-corrected chi connectivity index (χ1v) is 8.14. The molecule has 2 aromatic rings. The van der Waals surface area contributed by atoms with Crippen molar-refractivity contribution < 1.29 is 22.7 Å². The van der Waals surface area contributed by atoms with E-state index in [0.29, 0.717) is 17.1 Å². The number of hydrogen-bond acceptors (Lipinski definition) is 2. The molecule has 1 heterocycles. The van der Waals surface area contributed by atoms with Gasteiger partial charge in [0.25, 0.3) is 5.91 Å². The van der Waals surface area contributed by atoms with E-state index in [2.05, 4.69) is 4.74 Å². The van der Waals surface area contributed by atoms with Crippen molar-refractivity contribution in [1.29, 1.82) is 0 Å². The number of benzene rings is 2. The van der Waals surface area contributed by atoms with Crippen molar-refractivity contribution in [3.8, 4) is 5.75 Å². The Labute approximate surface area is 148 Å². The van der Waals surface area contributed by atoms with E-state index < -0.39 is 6.36 Å². The standard InChI is InChI=1S/C18H15ClF3NO2/c19-15-5-2-1-4-14(15)16-6-3-11-23(16)17(24)12-7-9-13(10-8-12)25-18(20,21)22/h1-2,4-5,7-10,16H,3,6,11H2/t16-/m1/s1. The van der Waals surface area contributed by atoms with Gasteiger partial charge in [-0.3, -0.25) is 4.79 Å². The predicted molar refractivity (Wildman–Crippen MR) is 87.6 cm³/mol. The third-order valence-electron chi connectivity index (χ3n) is 4.11. The van der Waals surface area contributed by atoms with Crippen LogP contribution in [0.3, 0.4) is 0 Å². The molecule has 0 spiro atoms. The Hall–Kier alpha value is -2.21. The number of ether oxygens (including phenoxy) is 1. The van der Waals surface area contributed by atoms with Crippen molar-refractivity contribution in [1.82, 2.24) is 4.90 Å². The molecular weight excluding hydrogens is 355 g/mol. The second-order valence-corrected chi connectivity index (χ2v) is 6.16. The Morgan fingerprint density at radius 1 is 1.12 bits per heavy atom. The number of carbonyl (C=O) groups excluding carboxylic acids is 1. The minimum atomic E-state index is -4.75. The molecule has 0 bridgehead atoms. The van der Waals surface area contributed by atoms with Crippen molar-refractivity contribution in [3.05, 3.63) is 64.7 Å². The molecule has 1 fully saturated rings. The van der Waals surface area contributed by atoms with E-state index in [-0.39, 0.29) is 17.7 Å². The van der Waals surface area contributed by atoms with Gasteiger partial charge >= 0.3 is 6.36 Å². The molecule has 1 saturated heterocycles. The minimum absolute atomic E-state index is 0.132. The van der Waals surface area contributed by atoms with Crippen LogP contribution in [0.25, 0.3) is 0 Å². The van der Waals surface area contributed by atoms with Gasteiger partial charge < -0.3 is 9.64 Å². The molecule has 0 radical (unpaired) electrons. The van der Waals surface area contributed by atoms with Crippen molar-refractivity contribution in [2.75, 3.05) is 6.54 Å². The molecule has 0 unspecified atom stereocenters. The molecule has 1 atom stereocenters. The average molecular weight is 370 g/mol. The third-order valence-corrected chi connectivity index (χ3v) is 4.46. The lowest BCUT2D eigenvalue weighted by molar-refractivity contribution is -0.274. The minimum Gasteiger partial charge on any atom is -0.406 e. The zero-order valence-corrected chi connectivity index (χ0v) is 13.8. The van der Waals surface area contributed by atoms with E-state index >= 15 is 0 Å². The van der Waals surface area contributed by atoms with E-state index in [1.807, 2.05) is 18.2 Å². The van der Waals surface area contributed by atoms with Crippen LogP contribution in [-0.4, -0.2) is 23.7 Å². The van der Waals surface area contributed by atoms with Crippen molar-refractivity contribution in [2.45, 2.75) is 25.2 Å². The number of amides is 1. The number of rotatable bonds is 3. The SMILES string of the molecule is O=C(c1ccc(OC(F)(F)F)cc1)N1CCC[C@@H]1c1ccccc1Cl. The lowest BCUT2D eigenvalue weighted by Crippen LogP contribution is -2.30. The molecule has 3 nitrogen and oxygen atoms in total. The number of alkyl halides is 3. The molecule has 132 valence electrons. The van der Waals surface area contributed by atoms with Gasteiger partial charge in [-0.1, -0.05) is 29.8 Å². The molecule has 7 heteroatoms. The Balaban J connectivity index is 1.79. The van der Waals surface area contributed by atoms with Gasteiger partial charge in [-0.05, 0) is 48.7 Å². The Morgan fingerprint density at radius 3 is 2.44 bits per heavy atom. The molecule has 3 rings (SSSR count). The summed E-state index contributed by atoms with van der Waals surface area (Å²) < 4.78 is 40.5. The maximum atomic E-state index is 12.8. The first-order valence-electron chi connectivity index (χ1n) is 7.76. The topological polar surface area (TPSA) is 29.5 Å². The normalized spacial score (nSPS) is 17.6. The van der Waals surface area contributed by atoms with Crippen molar-refractivity contribution >= 4 is 17.5 Å². The quantitative estimate of drug-likeness (QED) is 0.742. The molecule has 25 heavy (non-hydrogen) atoms. The van der Waals surface area contributed by atoms with E-state index in [1.165, 1.54) is 12.1 Å². The molecular formula is C18H15ClF3NO2. The van der Waals surface area contributed by atoms with Gasteiger partial charge in [-0.15, -0.1) is 13.2 Å². The van der Waals surface area contributed by atoms with Crippen LogP contribution in [0.1, 0.15) is 34.8 Å². The van der Waals surface area contributed by atoms with Crippen molar-refractivity contribution in [2.24, 2.45) is 0 Å². The van der Waals surface area contributed by atoms with E-state index in [4.69, 9.17) is 11.6 Å². The van der Waals surface area contributed by atoms with Gasteiger partial charge in [0.1, 0.15) is 5.75 Å². The summed E-state index contributed by atoms with van der Waals surface area (Å²) in [6, 6.07) is 12.2. The molecule has 0 N–H and O–H groups in total. The summed E-state index contributed by atoms with van der Waals surface area (Å²) in [5, 5.41) is 0.598. The molecule has 1 amide bonds. The molecule has 1 aliphatic heterocycles. The van der Waals surface area contributed by atoms with Crippen LogP contribution in [0, 0.1) is 0 Å². The summed E-state index contributed by atoms with van der Waals surface area (Å²) in [6.45, 7) is 0.579. The fourth-order valence-electron chi connectivity index (χ4n) is 3.04. The van der Waals surface area contributed by atoms with Crippen LogP contribution in [0.15, 0.2) is 48.5 Å². The molecule has 0 aliphatic carbocycles. The second-order valence-electron chi connectivity index (χ2n) is 5.75. The fraction of sp³-hybridized carbons (Fsp3) is 0.278. The zero-order valence-electron chi connectivity index (χ0n) is 13.1. The summed E-state index contributed by atoms with van der Waals surface area (Å²) in [7, 11) is 0. The fourth-order valence-corrected chi connectivity index (χ4v) is 3.31. The van der Waals surface area contributed by atoms with Gasteiger partial charge in [0.15, 0.2) is 0 Å². The summed E-state index contributed by atoms with van der Waals surface area (Å²) in [4.78, 5) is 14.5. The van der Waals surface area contributed by atoms with E-state index in [0.717, 1.165) is 30.5 Å². The van der Waals surface area contributed by atoms with Gasteiger partial charge in [0, 0.05) is 17.1 Å². The lowest BCUT2D eigenvalue weighted by Gasteiger charge is -2.26. The number of halogens is 4. The van der Waals surface area contributed by atoms with E-state index in [9.17, 15) is 18.0 Å². The highest BCUT2D eigenvalue weighted by Gasteiger charge is 2.33. The third kappa shape index (κ3) is 4.07. The maximum absolute atomic E-state index is 12.8. The molecule has 2 aromatic carbocycles. The Kier molecular flexibility index (Phi) is 4.90. The zero-order chi connectivity index (χ0) is 18.0. The van der Waals surface area contributed by atoms with Crippen LogP contribution in [-0.2, 0) is 0 Å². The molecule has 0 aromatic heterocycles. The highest BCUT2D eigenvalue weighted by atomic mass is 35.5. The maximum Gasteiger partial charge on any atom is 0.573 e. The number of carbonyl (C=O) groups is 1. The largest absolute Gasteiger partial charge is 0.573 e. The van der Waals surface area contributed by atoms with Crippen molar-refractivity contribution in [3.63, 3.8) is 0 Å². The van der Waals surface area contributed by atoms with E-state index in [1.54, 1.807) is 11.0 Å². The first-order chi connectivity index (χ1) is 11.8. The molecule has 0 saturated carbocycles. The Morgan fingerprint density at radius 2 is 1.80 bits per heavy atom. The van der Waals surface area contributed by atoms with Gasteiger partial charge in [0.05, 0.1) is 6.04 Å². The van der Waals surface area contributed by atoms with Gasteiger partial charge in [0.2, 0.25) is 0 Å². The Bertz CT molecular complexity index is 762. The highest BCUT2D eigenvalue weighted by molar-refractivity contribution is 6.31. The van der Waals surface area contributed by atoms with Gasteiger partial charge in [-0.2, -0.15) is 0 Å². The number of hydrogen-bond donors (Lipinski definition) is 0. The van der Waals surface area contributed by atoms with Crippen LogP contribution in [0.2, 0.25) is 5.02 Å². The second kappa shape index (κ2) is 6.96. The average Bonchev–Trinajstić information content (AvgIpc) is 3.03. The summed E-state index contributed by atoms with van der Waals surface area (Å²) in [6.07, 6.45) is -3.11. The highest BCUT2D eigenvalue weighted by Crippen LogP contribution is 2.36. The monoisotopic (exact) mass is 369 g/mol.